The normalized spacial score (nSPS) is 29.6. The molecular weight excluding hydrogens is 357 g/mol. The van der Waals surface area contributed by atoms with Gasteiger partial charge in [-0.25, -0.2) is 9.18 Å². The molecule has 2 fully saturated rings. The number of fused-ring (bicyclic) bond motifs is 2. The molecule has 0 spiro atoms. The first-order valence-electron chi connectivity index (χ1n) is 9.78. The number of rotatable bonds is 5. The molecule has 0 amide bonds. The minimum Gasteiger partial charge on any atom is -0.464 e. The van der Waals surface area contributed by atoms with Crippen molar-refractivity contribution in [3.63, 3.8) is 0 Å². The van der Waals surface area contributed by atoms with E-state index >= 15 is 4.39 Å². The Morgan fingerprint density at radius 3 is 2.43 bits per heavy atom. The molecule has 2 saturated heterocycles. The van der Waals surface area contributed by atoms with E-state index in [-0.39, 0.29) is 25.2 Å². The van der Waals surface area contributed by atoms with Crippen molar-refractivity contribution in [1.29, 1.82) is 0 Å². The van der Waals surface area contributed by atoms with Crippen LogP contribution in [0.25, 0.3) is 0 Å². The summed E-state index contributed by atoms with van der Waals surface area (Å²) in [4.78, 5) is 27.8. The number of hydrogen-bond acceptors (Lipinski definition) is 4. The van der Waals surface area contributed by atoms with Crippen molar-refractivity contribution < 1.29 is 18.7 Å². The van der Waals surface area contributed by atoms with Gasteiger partial charge in [0.05, 0.1) is 12.6 Å². The number of nitrogens with zero attached hydrogens (tertiary/aromatic N) is 1. The third-order valence-corrected chi connectivity index (χ3v) is 6.08. The number of carbonyl (C=O) groups excluding carboxylic acids is 2. The van der Waals surface area contributed by atoms with E-state index in [9.17, 15) is 9.59 Å². The highest BCUT2D eigenvalue weighted by atomic mass is 19.1. The number of hydrogen-bond donors (Lipinski definition) is 0. The van der Waals surface area contributed by atoms with Crippen molar-refractivity contribution >= 4 is 11.8 Å². The summed E-state index contributed by atoms with van der Waals surface area (Å²) in [6, 6.07) is 18.3. The highest BCUT2D eigenvalue weighted by Crippen LogP contribution is 2.55. The zero-order chi connectivity index (χ0) is 19.8. The van der Waals surface area contributed by atoms with Gasteiger partial charge < -0.3 is 4.74 Å². The third-order valence-electron chi connectivity index (χ3n) is 6.08. The largest absolute Gasteiger partial charge is 0.464 e. The van der Waals surface area contributed by atoms with Crippen molar-refractivity contribution in [2.75, 3.05) is 6.61 Å². The lowest BCUT2D eigenvalue weighted by molar-refractivity contribution is -0.159. The second-order valence-corrected chi connectivity index (χ2v) is 7.58. The van der Waals surface area contributed by atoms with Crippen LogP contribution >= 0.6 is 0 Å². The molecule has 0 radical (unpaired) electrons. The first-order valence-corrected chi connectivity index (χ1v) is 9.78. The molecule has 146 valence electrons. The lowest BCUT2D eigenvalue weighted by Gasteiger charge is -2.43. The van der Waals surface area contributed by atoms with E-state index in [1.54, 1.807) is 6.92 Å². The third kappa shape index (κ3) is 2.76. The summed E-state index contributed by atoms with van der Waals surface area (Å²) in [6.45, 7) is 2.18. The minimum atomic E-state index is -2.20. The molecule has 2 heterocycles. The summed E-state index contributed by atoms with van der Waals surface area (Å²) in [5.41, 5.74) is -1.63. The fourth-order valence-corrected chi connectivity index (χ4v) is 4.85. The summed E-state index contributed by atoms with van der Waals surface area (Å²) >= 11 is 0. The number of carbonyl (C=O) groups is 2. The zero-order valence-electron chi connectivity index (χ0n) is 15.9. The van der Waals surface area contributed by atoms with E-state index in [4.69, 9.17) is 4.74 Å². The Kier molecular flexibility index (Phi) is 4.79. The van der Waals surface area contributed by atoms with Gasteiger partial charge in [-0.3, -0.25) is 9.69 Å². The van der Waals surface area contributed by atoms with E-state index in [0.29, 0.717) is 13.0 Å². The lowest BCUT2D eigenvalue weighted by atomic mass is 9.79. The summed E-state index contributed by atoms with van der Waals surface area (Å²) in [5, 5.41) is 0. The van der Waals surface area contributed by atoms with Crippen molar-refractivity contribution in [2.45, 2.75) is 50.0 Å². The summed E-state index contributed by atoms with van der Waals surface area (Å²) in [7, 11) is 0. The van der Waals surface area contributed by atoms with Crippen LogP contribution in [0.4, 0.5) is 4.39 Å². The maximum Gasteiger partial charge on any atom is 0.345 e. The zero-order valence-corrected chi connectivity index (χ0v) is 15.9. The van der Waals surface area contributed by atoms with Gasteiger partial charge in [-0.1, -0.05) is 60.7 Å². The Morgan fingerprint density at radius 2 is 1.79 bits per heavy atom. The minimum absolute atomic E-state index is 0.0327. The summed E-state index contributed by atoms with van der Waals surface area (Å²) < 4.78 is 21.3. The van der Waals surface area contributed by atoms with Gasteiger partial charge in [0.15, 0.2) is 5.78 Å². The van der Waals surface area contributed by atoms with E-state index in [1.807, 2.05) is 65.6 Å². The average Bonchev–Trinajstić information content (AvgIpc) is 2.90. The highest BCUT2D eigenvalue weighted by Gasteiger charge is 2.69. The van der Waals surface area contributed by atoms with Gasteiger partial charge in [0.25, 0.3) is 0 Å². The molecule has 5 heteroatoms. The van der Waals surface area contributed by atoms with Gasteiger partial charge in [0, 0.05) is 19.4 Å². The molecule has 2 aliphatic rings. The number of Topliss-reactive ketones (excluding diaryl/α,β-unsaturated/α-hetero) is 1. The number of ketones is 1. The molecule has 3 atom stereocenters. The average molecular weight is 381 g/mol. The van der Waals surface area contributed by atoms with Gasteiger partial charge in [0.2, 0.25) is 5.67 Å². The van der Waals surface area contributed by atoms with Gasteiger partial charge in [0.1, 0.15) is 5.54 Å². The van der Waals surface area contributed by atoms with Crippen LogP contribution in [0.15, 0.2) is 60.7 Å². The van der Waals surface area contributed by atoms with Crippen LogP contribution in [-0.2, 0) is 26.4 Å². The summed E-state index contributed by atoms with van der Waals surface area (Å²) in [5.74, 6) is -0.889. The molecule has 4 rings (SSSR count). The van der Waals surface area contributed by atoms with Crippen LogP contribution in [0, 0.1) is 0 Å². The Labute approximate surface area is 164 Å². The highest BCUT2D eigenvalue weighted by molar-refractivity contribution is 5.95. The van der Waals surface area contributed by atoms with Crippen LogP contribution in [0.2, 0.25) is 0 Å². The molecule has 2 bridgehead atoms. The molecular formula is C23H24FNO3. The van der Waals surface area contributed by atoms with Crippen molar-refractivity contribution in [1.82, 2.24) is 4.90 Å². The molecule has 0 saturated carbocycles. The first-order chi connectivity index (χ1) is 13.5. The van der Waals surface area contributed by atoms with Crippen LogP contribution in [-0.4, -0.2) is 35.0 Å². The monoisotopic (exact) mass is 381 g/mol. The molecule has 2 aromatic carbocycles. The molecule has 0 N–H and O–H groups in total. The Balaban J connectivity index is 1.85. The van der Waals surface area contributed by atoms with Crippen molar-refractivity contribution in [3.8, 4) is 0 Å². The predicted octanol–water partition coefficient (Wildman–Crippen LogP) is 3.79. The number of piperidine rings is 1. The summed E-state index contributed by atoms with van der Waals surface area (Å²) in [6.07, 6.45) is 0.380. The first kappa shape index (κ1) is 18.8. The SMILES string of the molecule is CCOC(=O)C1(F)CC2(c3ccccc3)C(=O)CCC1N2Cc1ccccc1. The van der Waals surface area contributed by atoms with E-state index in [1.165, 1.54) is 0 Å². The number of ether oxygens (including phenoxy) is 1. The van der Waals surface area contributed by atoms with Gasteiger partial charge >= 0.3 is 5.97 Å². The second-order valence-electron chi connectivity index (χ2n) is 7.58. The topological polar surface area (TPSA) is 46.6 Å². The van der Waals surface area contributed by atoms with E-state index < -0.39 is 23.2 Å². The molecule has 0 aromatic heterocycles. The second kappa shape index (κ2) is 7.13. The Hall–Kier alpha value is -2.53. The van der Waals surface area contributed by atoms with Crippen molar-refractivity contribution in [2.24, 2.45) is 0 Å². The fourth-order valence-electron chi connectivity index (χ4n) is 4.85. The molecule has 4 nitrogen and oxygen atoms in total. The Bertz CT molecular complexity index is 872. The number of alkyl halides is 1. The maximum atomic E-state index is 16.2. The predicted molar refractivity (Wildman–Crippen MR) is 103 cm³/mol. The number of esters is 1. The van der Waals surface area contributed by atoms with Crippen LogP contribution < -0.4 is 0 Å². The quantitative estimate of drug-likeness (QED) is 0.740. The molecule has 0 aliphatic carbocycles. The fraction of sp³-hybridized carbons (Fsp3) is 0.391. The van der Waals surface area contributed by atoms with E-state index in [0.717, 1.165) is 11.1 Å². The number of benzene rings is 2. The Morgan fingerprint density at radius 1 is 1.14 bits per heavy atom. The standard InChI is InChI=1S/C23H24FNO3/c1-2-28-21(27)22(24)16-23(18-11-7-4-8-12-18)20(26)14-13-19(22)25(23)15-17-9-5-3-6-10-17/h3-12,19H,2,13-16H2,1H3. The van der Waals surface area contributed by atoms with Gasteiger partial charge in [-0.2, -0.15) is 0 Å². The maximum absolute atomic E-state index is 16.2. The number of halogens is 1. The smallest absolute Gasteiger partial charge is 0.345 e. The molecule has 28 heavy (non-hydrogen) atoms. The van der Waals surface area contributed by atoms with Gasteiger partial charge in [-0.05, 0) is 24.5 Å². The van der Waals surface area contributed by atoms with Gasteiger partial charge in [-0.15, -0.1) is 0 Å². The van der Waals surface area contributed by atoms with Crippen LogP contribution in [0.3, 0.4) is 0 Å². The molecule has 3 unspecified atom stereocenters. The van der Waals surface area contributed by atoms with Crippen LogP contribution in [0.5, 0.6) is 0 Å². The van der Waals surface area contributed by atoms with Crippen LogP contribution in [0.1, 0.15) is 37.3 Å². The van der Waals surface area contributed by atoms with E-state index in [2.05, 4.69) is 0 Å². The molecule has 2 aliphatic heterocycles. The molecule has 2 aromatic rings. The van der Waals surface area contributed by atoms with Crippen molar-refractivity contribution in [3.05, 3.63) is 71.8 Å². The lowest BCUT2D eigenvalue weighted by Crippen LogP contribution is -2.55.